The summed E-state index contributed by atoms with van der Waals surface area (Å²) in [5.41, 5.74) is 2.54. The van der Waals surface area contributed by atoms with Crippen LogP contribution in [0.5, 0.6) is 11.5 Å². The van der Waals surface area contributed by atoms with Gasteiger partial charge in [0.15, 0.2) is 5.13 Å². The summed E-state index contributed by atoms with van der Waals surface area (Å²) in [6, 6.07) is 11.3. The number of hydrogen-bond acceptors (Lipinski definition) is 5. The Morgan fingerprint density at radius 3 is 2.35 bits per heavy atom. The van der Waals surface area contributed by atoms with Crippen molar-refractivity contribution >= 4 is 32.6 Å². The van der Waals surface area contributed by atoms with Crippen molar-refractivity contribution in [1.29, 1.82) is 0 Å². The number of anilines is 1. The second kappa shape index (κ2) is 6.96. The minimum atomic E-state index is -0.185. The Balaban J connectivity index is 1.85. The number of ether oxygens (including phenoxy) is 2. The molecule has 1 N–H and O–H groups in total. The summed E-state index contributed by atoms with van der Waals surface area (Å²) in [6.07, 6.45) is 0. The van der Waals surface area contributed by atoms with E-state index in [1.54, 1.807) is 20.3 Å². The van der Waals surface area contributed by atoms with Gasteiger partial charge in [-0.15, -0.1) is 0 Å². The van der Waals surface area contributed by atoms with Crippen LogP contribution < -0.4 is 14.8 Å². The van der Waals surface area contributed by atoms with E-state index in [-0.39, 0.29) is 11.3 Å². The standard InChI is InChI=1S/C20H22N2O3S/c1-20(2,3)13-8-6-12(7-9-13)18(23)22-19-21-17-15(25-5)10-14(24-4)11-16(17)26-19/h6-11H,1-5H3,(H,21,22,23). The van der Waals surface area contributed by atoms with Crippen LogP contribution in [0.15, 0.2) is 36.4 Å². The zero-order chi connectivity index (χ0) is 18.9. The van der Waals surface area contributed by atoms with Crippen LogP contribution in [-0.2, 0) is 5.41 Å². The number of benzene rings is 2. The lowest BCUT2D eigenvalue weighted by molar-refractivity contribution is 0.102. The SMILES string of the molecule is COc1cc(OC)c2nc(NC(=O)c3ccc(C(C)(C)C)cc3)sc2c1. The van der Waals surface area contributed by atoms with Crippen molar-refractivity contribution in [1.82, 2.24) is 4.98 Å². The highest BCUT2D eigenvalue weighted by atomic mass is 32.1. The molecule has 6 heteroatoms. The number of aromatic nitrogens is 1. The summed E-state index contributed by atoms with van der Waals surface area (Å²) < 4.78 is 11.5. The molecular formula is C20H22N2O3S. The highest BCUT2D eigenvalue weighted by molar-refractivity contribution is 7.22. The number of amides is 1. The van der Waals surface area contributed by atoms with Crippen LogP contribution >= 0.6 is 11.3 Å². The highest BCUT2D eigenvalue weighted by Gasteiger charge is 2.16. The Kier molecular flexibility index (Phi) is 4.87. The van der Waals surface area contributed by atoms with Gasteiger partial charge in [0.1, 0.15) is 17.0 Å². The maximum absolute atomic E-state index is 12.5. The third kappa shape index (κ3) is 3.65. The Hall–Kier alpha value is -2.60. The monoisotopic (exact) mass is 370 g/mol. The lowest BCUT2D eigenvalue weighted by atomic mass is 9.87. The minimum Gasteiger partial charge on any atom is -0.497 e. The van der Waals surface area contributed by atoms with Crippen LogP contribution in [0.25, 0.3) is 10.2 Å². The van der Waals surface area contributed by atoms with E-state index in [1.165, 1.54) is 16.9 Å². The average molecular weight is 370 g/mol. The summed E-state index contributed by atoms with van der Waals surface area (Å²) in [7, 11) is 3.19. The molecule has 2 aromatic carbocycles. The lowest BCUT2D eigenvalue weighted by Crippen LogP contribution is -2.14. The second-order valence-corrected chi connectivity index (χ2v) is 8.01. The predicted octanol–water partition coefficient (Wildman–Crippen LogP) is 4.86. The molecule has 0 aliphatic carbocycles. The van der Waals surface area contributed by atoms with Gasteiger partial charge in [-0.05, 0) is 29.2 Å². The van der Waals surface area contributed by atoms with Crippen molar-refractivity contribution < 1.29 is 14.3 Å². The molecule has 1 aromatic heterocycles. The molecule has 0 spiro atoms. The number of methoxy groups -OCH3 is 2. The molecule has 0 radical (unpaired) electrons. The first kappa shape index (κ1) is 18.2. The van der Waals surface area contributed by atoms with E-state index in [9.17, 15) is 4.79 Å². The van der Waals surface area contributed by atoms with Gasteiger partial charge in [0.2, 0.25) is 0 Å². The topological polar surface area (TPSA) is 60.5 Å². The van der Waals surface area contributed by atoms with Crippen LogP contribution in [0.4, 0.5) is 5.13 Å². The second-order valence-electron chi connectivity index (χ2n) is 6.98. The first-order valence-electron chi connectivity index (χ1n) is 8.26. The van der Waals surface area contributed by atoms with Crippen molar-refractivity contribution in [3.8, 4) is 11.5 Å². The third-order valence-corrected chi connectivity index (χ3v) is 5.04. The maximum Gasteiger partial charge on any atom is 0.257 e. The van der Waals surface area contributed by atoms with Crippen molar-refractivity contribution in [2.24, 2.45) is 0 Å². The Morgan fingerprint density at radius 1 is 1.08 bits per heavy atom. The number of nitrogens with one attached hydrogen (secondary N) is 1. The van der Waals surface area contributed by atoms with Crippen LogP contribution in [0.3, 0.4) is 0 Å². The van der Waals surface area contributed by atoms with Crippen molar-refractivity contribution in [2.45, 2.75) is 26.2 Å². The zero-order valence-corrected chi connectivity index (χ0v) is 16.4. The van der Waals surface area contributed by atoms with Crippen LogP contribution in [0.2, 0.25) is 0 Å². The summed E-state index contributed by atoms with van der Waals surface area (Å²) in [6.45, 7) is 6.43. The fraction of sp³-hybridized carbons (Fsp3) is 0.300. The first-order valence-corrected chi connectivity index (χ1v) is 9.08. The minimum absolute atomic E-state index is 0.0532. The van der Waals surface area contributed by atoms with Crippen molar-refractivity contribution in [2.75, 3.05) is 19.5 Å². The Bertz CT molecular complexity index is 940. The first-order chi connectivity index (χ1) is 12.3. The van der Waals surface area contributed by atoms with Gasteiger partial charge in [-0.2, -0.15) is 0 Å². The summed E-state index contributed by atoms with van der Waals surface area (Å²) >= 11 is 1.38. The van der Waals surface area contributed by atoms with E-state index in [4.69, 9.17) is 9.47 Å². The predicted molar refractivity (Wildman–Crippen MR) is 106 cm³/mol. The fourth-order valence-electron chi connectivity index (χ4n) is 2.59. The van der Waals surface area contributed by atoms with Gasteiger partial charge in [0.05, 0.1) is 18.9 Å². The van der Waals surface area contributed by atoms with Crippen molar-refractivity contribution in [3.05, 3.63) is 47.5 Å². The molecule has 0 unspecified atom stereocenters. The average Bonchev–Trinajstić information content (AvgIpc) is 3.02. The highest BCUT2D eigenvalue weighted by Crippen LogP contribution is 2.36. The largest absolute Gasteiger partial charge is 0.497 e. The number of rotatable bonds is 4. The fourth-order valence-corrected chi connectivity index (χ4v) is 3.50. The Morgan fingerprint density at radius 2 is 1.77 bits per heavy atom. The molecule has 0 aliphatic rings. The molecule has 5 nitrogen and oxygen atoms in total. The Labute approximate surface area is 157 Å². The van der Waals surface area contributed by atoms with Gasteiger partial charge in [-0.25, -0.2) is 4.98 Å². The molecule has 3 aromatic rings. The molecule has 0 atom stereocenters. The van der Waals surface area contributed by atoms with E-state index in [1.807, 2.05) is 30.3 Å². The van der Waals surface area contributed by atoms with Gasteiger partial charge in [0, 0.05) is 11.6 Å². The summed E-state index contributed by atoms with van der Waals surface area (Å²) in [5.74, 6) is 1.12. The molecule has 26 heavy (non-hydrogen) atoms. The summed E-state index contributed by atoms with van der Waals surface area (Å²) in [4.78, 5) is 17.0. The number of carbonyl (C=O) groups is 1. The molecule has 1 heterocycles. The molecule has 0 saturated carbocycles. The van der Waals surface area contributed by atoms with Gasteiger partial charge < -0.3 is 9.47 Å². The number of carbonyl (C=O) groups excluding carboxylic acids is 1. The van der Waals surface area contributed by atoms with E-state index >= 15 is 0 Å². The van der Waals surface area contributed by atoms with Gasteiger partial charge >= 0.3 is 0 Å². The van der Waals surface area contributed by atoms with E-state index in [0.29, 0.717) is 27.7 Å². The molecule has 3 rings (SSSR count). The quantitative estimate of drug-likeness (QED) is 0.712. The van der Waals surface area contributed by atoms with Gasteiger partial charge in [-0.1, -0.05) is 44.2 Å². The van der Waals surface area contributed by atoms with Gasteiger partial charge in [0.25, 0.3) is 5.91 Å². The van der Waals surface area contributed by atoms with E-state index < -0.39 is 0 Å². The molecule has 0 fully saturated rings. The maximum atomic E-state index is 12.5. The van der Waals surface area contributed by atoms with Crippen molar-refractivity contribution in [3.63, 3.8) is 0 Å². The summed E-state index contributed by atoms with van der Waals surface area (Å²) in [5, 5.41) is 3.39. The van der Waals surface area contributed by atoms with E-state index in [0.717, 1.165) is 4.70 Å². The molecule has 0 saturated heterocycles. The number of thiazole rings is 1. The van der Waals surface area contributed by atoms with Crippen LogP contribution in [0.1, 0.15) is 36.7 Å². The van der Waals surface area contributed by atoms with Crippen LogP contribution in [0, 0.1) is 0 Å². The third-order valence-electron chi connectivity index (χ3n) is 4.12. The van der Waals surface area contributed by atoms with E-state index in [2.05, 4.69) is 31.1 Å². The molecule has 0 bridgehead atoms. The van der Waals surface area contributed by atoms with Crippen LogP contribution in [-0.4, -0.2) is 25.1 Å². The molecule has 1 amide bonds. The smallest absolute Gasteiger partial charge is 0.257 e. The number of hydrogen-bond donors (Lipinski definition) is 1. The normalized spacial score (nSPS) is 11.4. The van der Waals surface area contributed by atoms with Gasteiger partial charge in [-0.3, -0.25) is 10.1 Å². The number of fused-ring (bicyclic) bond motifs is 1. The molecule has 136 valence electrons. The molecular weight excluding hydrogens is 348 g/mol. The zero-order valence-electron chi connectivity index (χ0n) is 15.5. The lowest BCUT2D eigenvalue weighted by Gasteiger charge is -2.18. The number of nitrogens with zero attached hydrogens (tertiary/aromatic N) is 1. The molecule has 0 aliphatic heterocycles.